The van der Waals surface area contributed by atoms with Crippen molar-refractivity contribution in [1.82, 2.24) is 5.32 Å². The Morgan fingerprint density at radius 2 is 1.03 bits per heavy atom. The fraction of sp³-hybridized carbons (Fsp3) is 0.906. The number of carbonyl (C=O) groups is 1. The molecule has 0 saturated heterocycles. The van der Waals surface area contributed by atoms with Gasteiger partial charge in [0.25, 0.3) is 0 Å². The minimum atomic E-state index is -0.829. The maximum Gasteiger partial charge on any atom is 0.220 e. The lowest BCUT2D eigenvalue weighted by Gasteiger charge is -2.20. The minimum absolute atomic E-state index is 0.0662. The van der Waals surface area contributed by atoms with Crippen LogP contribution >= 0.6 is 0 Å². The van der Waals surface area contributed by atoms with Crippen LogP contribution in [0.2, 0.25) is 0 Å². The van der Waals surface area contributed by atoms with Gasteiger partial charge in [0.05, 0.1) is 18.8 Å². The average Bonchev–Trinajstić information content (AvgIpc) is 2.88. The van der Waals surface area contributed by atoms with Gasteiger partial charge in [-0.25, -0.2) is 0 Å². The third-order valence-corrected chi connectivity index (χ3v) is 7.27. The highest BCUT2D eigenvalue weighted by molar-refractivity contribution is 5.76. The van der Waals surface area contributed by atoms with Crippen molar-refractivity contribution in [3.63, 3.8) is 0 Å². The van der Waals surface area contributed by atoms with E-state index in [1.165, 1.54) is 122 Å². The second kappa shape index (κ2) is 28.7. The van der Waals surface area contributed by atoms with Gasteiger partial charge >= 0.3 is 0 Å². The van der Waals surface area contributed by atoms with E-state index in [4.69, 9.17) is 0 Å². The number of aliphatic hydroxyl groups is 2. The Morgan fingerprint density at radius 1 is 0.639 bits per heavy atom. The molecule has 0 aromatic carbocycles. The normalized spacial score (nSPS) is 13.3. The molecule has 4 nitrogen and oxygen atoms in total. The van der Waals surface area contributed by atoms with Crippen LogP contribution in [0.5, 0.6) is 0 Å². The SMILES string of the molecule is CCCCCCCCCCC/C=C/C(O)C(CO)NC(=O)CCCCCCCCCCCCCCC. The summed E-state index contributed by atoms with van der Waals surface area (Å²) >= 11 is 0. The topological polar surface area (TPSA) is 69.6 Å². The van der Waals surface area contributed by atoms with Gasteiger partial charge < -0.3 is 15.5 Å². The molecule has 0 aliphatic carbocycles. The van der Waals surface area contributed by atoms with E-state index < -0.39 is 12.1 Å². The third-order valence-electron chi connectivity index (χ3n) is 7.27. The van der Waals surface area contributed by atoms with Crippen LogP contribution in [0.4, 0.5) is 0 Å². The Labute approximate surface area is 225 Å². The van der Waals surface area contributed by atoms with Crippen LogP contribution < -0.4 is 5.32 Å². The van der Waals surface area contributed by atoms with Crippen LogP contribution in [-0.2, 0) is 4.79 Å². The number of hydrogen-bond donors (Lipinski definition) is 3. The first-order chi connectivity index (χ1) is 17.7. The highest BCUT2D eigenvalue weighted by Crippen LogP contribution is 2.13. The van der Waals surface area contributed by atoms with Crippen molar-refractivity contribution in [2.45, 2.75) is 180 Å². The van der Waals surface area contributed by atoms with Crippen LogP contribution in [0, 0.1) is 0 Å². The maximum absolute atomic E-state index is 12.2. The molecule has 2 unspecified atom stereocenters. The second-order valence-corrected chi connectivity index (χ2v) is 10.9. The Bertz CT molecular complexity index is 480. The van der Waals surface area contributed by atoms with Crippen molar-refractivity contribution < 1.29 is 15.0 Å². The largest absolute Gasteiger partial charge is 0.394 e. The van der Waals surface area contributed by atoms with Crippen molar-refractivity contribution in [3.8, 4) is 0 Å². The van der Waals surface area contributed by atoms with Gasteiger partial charge in [0.2, 0.25) is 5.91 Å². The molecule has 0 heterocycles. The molecule has 0 saturated carbocycles. The van der Waals surface area contributed by atoms with Gasteiger partial charge in [-0.1, -0.05) is 154 Å². The molecule has 0 rings (SSSR count). The number of carbonyl (C=O) groups excluding carboxylic acids is 1. The van der Waals surface area contributed by atoms with Crippen molar-refractivity contribution in [2.24, 2.45) is 0 Å². The molecule has 0 spiro atoms. The van der Waals surface area contributed by atoms with E-state index in [1.54, 1.807) is 6.08 Å². The summed E-state index contributed by atoms with van der Waals surface area (Å²) in [5.41, 5.74) is 0. The van der Waals surface area contributed by atoms with E-state index in [2.05, 4.69) is 19.2 Å². The van der Waals surface area contributed by atoms with Gasteiger partial charge in [0, 0.05) is 6.42 Å². The molecule has 0 radical (unpaired) electrons. The summed E-state index contributed by atoms with van der Waals surface area (Å²) in [7, 11) is 0. The van der Waals surface area contributed by atoms with Crippen molar-refractivity contribution >= 4 is 5.91 Å². The van der Waals surface area contributed by atoms with E-state index in [1.807, 2.05) is 6.08 Å². The Balaban J connectivity index is 3.65. The summed E-state index contributed by atoms with van der Waals surface area (Å²) in [4.78, 5) is 12.2. The summed E-state index contributed by atoms with van der Waals surface area (Å²) in [6.45, 7) is 4.28. The summed E-state index contributed by atoms with van der Waals surface area (Å²) in [5, 5.41) is 22.7. The molecule has 0 aromatic rings. The number of amides is 1. The summed E-state index contributed by atoms with van der Waals surface area (Å²) in [6, 6.07) is -0.612. The van der Waals surface area contributed by atoms with Gasteiger partial charge in [-0.15, -0.1) is 0 Å². The second-order valence-electron chi connectivity index (χ2n) is 10.9. The predicted molar refractivity (Wildman–Crippen MR) is 156 cm³/mol. The zero-order valence-electron chi connectivity index (χ0n) is 24.3. The highest BCUT2D eigenvalue weighted by Gasteiger charge is 2.17. The van der Waals surface area contributed by atoms with Crippen LogP contribution in [-0.4, -0.2) is 34.9 Å². The van der Waals surface area contributed by atoms with E-state index in [0.29, 0.717) is 6.42 Å². The van der Waals surface area contributed by atoms with E-state index >= 15 is 0 Å². The predicted octanol–water partition coefficient (Wildman–Crippen LogP) is 8.78. The summed E-state index contributed by atoms with van der Waals surface area (Å²) in [6.07, 6.45) is 32.8. The van der Waals surface area contributed by atoms with Gasteiger partial charge in [-0.05, 0) is 19.3 Å². The Morgan fingerprint density at radius 3 is 1.44 bits per heavy atom. The number of aliphatic hydroxyl groups excluding tert-OH is 2. The number of allylic oxidation sites excluding steroid dienone is 1. The molecular formula is C32H63NO3. The first-order valence-corrected chi connectivity index (χ1v) is 15.9. The zero-order valence-corrected chi connectivity index (χ0v) is 24.3. The first kappa shape index (κ1) is 35.1. The van der Waals surface area contributed by atoms with Crippen LogP contribution in [0.1, 0.15) is 168 Å². The fourth-order valence-corrected chi connectivity index (χ4v) is 4.76. The molecule has 1 amide bonds. The van der Waals surface area contributed by atoms with Gasteiger partial charge in [0.15, 0.2) is 0 Å². The molecule has 214 valence electrons. The minimum Gasteiger partial charge on any atom is -0.394 e. The van der Waals surface area contributed by atoms with Crippen LogP contribution in [0.25, 0.3) is 0 Å². The molecular weight excluding hydrogens is 446 g/mol. The van der Waals surface area contributed by atoms with Crippen LogP contribution in [0.15, 0.2) is 12.2 Å². The number of nitrogens with one attached hydrogen (secondary N) is 1. The average molecular weight is 510 g/mol. The molecule has 0 aromatic heterocycles. The molecule has 0 fully saturated rings. The number of hydrogen-bond acceptors (Lipinski definition) is 3. The molecule has 0 aliphatic rings. The van der Waals surface area contributed by atoms with E-state index in [9.17, 15) is 15.0 Å². The number of unbranched alkanes of at least 4 members (excludes halogenated alkanes) is 21. The fourth-order valence-electron chi connectivity index (χ4n) is 4.76. The van der Waals surface area contributed by atoms with Crippen molar-refractivity contribution in [1.29, 1.82) is 0 Å². The number of rotatable bonds is 28. The van der Waals surface area contributed by atoms with Gasteiger partial charge in [-0.2, -0.15) is 0 Å². The van der Waals surface area contributed by atoms with Crippen molar-refractivity contribution in [2.75, 3.05) is 6.61 Å². The Kier molecular flexibility index (Phi) is 28.0. The smallest absolute Gasteiger partial charge is 0.220 e. The lowest BCUT2D eigenvalue weighted by Crippen LogP contribution is -2.45. The Hall–Kier alpha value is -0.870. The molecule has 4 heteroatoms. The van der Waals surface area contributed by atoms with E-state index in [0.717, 1.165) is 25.7 Å². The quantitative estimate of drug-likeness (QED) is 0.0729. The maximum atomic E-state index is 12.2. The summed E-state index contributed by atoms with van der Waals surface area (Å²) < 4.78 is 0. The lowest BCUT2D eigenvalue weighted by atomic mass is 10.0. The monoisotopic (exact) mass is 509 g/mol. The molecule has 0 bridgehead atoms. The lowest BCUT2D eigenvalue weighted by molar-refractivity contribution is -0.123. The molecule has 3 N–H and O–H groups in total. The van der Waals surface area contributed by atoms with Gasteiger partial charge in [-0.3, -0.25) is 4.79 Å². The summed E-state index contributed by atoms with van der Waals surface area (Å²) in [5.74, 6) is -0.0662. The molecule has 0 aliphatic heterocycles. The molecule has 2 atom stereocenters. The third kappa shape index (κ3) is 24.8. The standard InChI is InChI=1S/C32H63NO3/c1-3-5-7-9-11-13-15-16-18-20-22-24-26-28-32(36)33-30(29-34)31(35)27-25-23-21-19-17-14-12-10-8-6-4-2/h25,27,30-31,34-35H,3-24,26,28-29H2,1-2H3,(H,33,36)/b27-25+. The van der Waals surface area contributed by atoms with E-state index in [-0.39, 0.29) is 12.5 Å². The van der Waals surface area contributed by atoms with Crippen molar-refractivity contribution in [3.05, 3.63) is 12.2 Å². The zero-order chi connectivity index (χ0) is 26.5. The van der Waals surface area contributed by atoms with Gasteiger partial charge in [0.1, 0.15) is 0 Å². The first-order valence-electron chi connectivity index (χ1n) is 15.9. The van der Waals surface area contributed by atoms with Crippen LogP contribution in [0.3, 0.4) is 0 Å². The highest BCUT2D eigenvalue weighted by atomic mass is 16.3. The molecule has 36 heavy (non-hydrogen) atoms.